The molecule has 0 aromatic rings. The minimum absolute atomic E-state index is 0.278. The van der Waals surface area contributed by atoms with Gasteiger partial charge in [0, 0.05) is 56.3 Å². The SMILES string of the molecule is CCCC(C([CH2][Al]([CH2]C(C(CCC)(S(C)(=O)=O)S(C)(=O)=O)S(C)(=O)=O)[CH2]C(C(CCC)(S(C)(=O)=O)S(C)(=O)=O)S(C)(=O)=O)S(C)(=O)=O)(S(C)(=O)=O)S(C)(=O)=O. The van der Waals surface area contributed by atoms with Crippen molar-refractivity contribution in [3.8, 4) is 0 Å². The lowest BCUT2D eigenvalue weighted by atomic mass is 10.2. The van der Waals surface area contributed by atoms with Crippen LogP contribution in [0.3, 0.4) is 0 Å². The Hall–Kier alpha value is 0.0825. The third-order valence-corrected chi connectivity index (χ3v) is 36.4. The van der Waals surface area contributed by atoms with Crippen LogP contribution >= 0.6 is 0 Å². The van der Waals surface area contributed by atoms with Crippen LogP contribution in [0.1, 0.15) is 59.3 Å². The molecule has 0 aliphatic heterocycles. The van der Waals surface area contributed by atoms with Crippen LogP contribution in [0.5, 0.6) is 0 Å². The molecule has 0 rings (SSSR count). The van der Waals surface area contributed by atoms with E-state index in [0.717, 1.165) is 0 Å². The van der Waals surface area contributed by atoms with Gasteiger partial charge in [-0.1, -0.05) is 55.9 Å². The molecule has 18 nitrogen and oxygen atoms in total. The average Bonchev–Trinajstić information content (AvgIpc) is 2.87. The van der Waals surface area contributed by atoms with Gasteiger partial charge in [-0.2, -0.15) is 0 Å². The third kappa shape index (κ3) is 11.3. The summed E-state index contributed by atoms with van der Waals surface area (Å²) in [4.78, 5) is 0. The Kier molecular flexibility index (Phi) is 17.6. The van der Waals surface area contributed by atoms with Crippen molar-refractivity contribution in [1.82, 2.24) is 0 Å². The summed E-state index contributed by atoms with van der Waals surface area (Å²) < 4.78 is 236. The zero-order valence-corrected chi connectivity index (χ0v) is 41.7. The highest BCUT2D eigenvalue weighted by Gasteiger charge is 2.65. The molecular weight excluding hydrogens is 928 g/mol. The summed E-state index contributed by atoms with van der Waals surface area (Å²) in [6.07, 6.45) is 0.609. The first kappa shape index (κ1) is 55.1. The van der Waals surface area contributed by atoms with Gasteiger partial charge < -0.3 is 0 Å². The van der Waals surface area contributed by atoms with Crippen molar-refractivity contribution in [3.63, 3.8) is 0 Å². The van der Waals surface area contributed by atoms with E-state index in [1.54, 1.807) is 0 Å². The van der Waals surface area contributed by atoms with Gasteiger partial charge in [-0.05, 0) is 19.3 Å². The molecule has 0 aromatic heterocycles. The lowest BCUT2D eigenvalue weighted by molar-refractivity contribution is 0.499. The van der Waals surface area contributed by atoms with E-state index < -0.39 is 166 Å². The lowest BCUT2D eigenvalue weighted by Crippen LogP contribution is -2.62. The zero-order valence-electron chi connectivity index (χ0n) is 33.2. The Labute approximate surface area is 335 Å². The largest absolute Gasteiger partial charge is 0.267 e. The van der Waals surface area contributed by atoms with Gasteiger partial charge in [0.15, 0.2) is 101 Å². The van der Waals surface area contributed by atoms with Gasteiger partial charge in [-0.15, -0.1) is 0 Å². The second kappa shape index (κ2) is 17.6. The normalized spacial score (nSPS) is 17.0. The first-order valence-corrected chi connectivity index (χ1v) is 36.3. The fraction of sp³-hybridized carbons (Fsp3) is 1.00. The molecule has 55 heavy (non-hydrogen) atoms. The van der Waals surface area contributed by atoms with Crippen molar-refractivity contribution in [3.05, 3.63) is 0 Å². The van der Waals surface area contributed by atoms with Crippen LogP contribution in [0, 0.1) is 0 Å². The molecule has 0 spiro atoms. The Morgan fingerprint density at radius 2 is 0.473 bits per heavy atom. The molecule has 0 bridgehead atoms. The summed E-state index contributed by atoms with van der Waals surface area (Å²) >= 11 is -4.24. The zero-order chi connectivity index (χ0) is 44.7. The fourth-order valence-corrected chi connectivity index (χ4v) is 41.5. The minimum Gasteiger partial charge on any atom is -0.229 e. The van der Waals surface area contributed by atoms with Gasteiger partial charge in [-0.3, -0.25) is 0 Å². The Morgan fingerprint density at radius 3 is 0.564 bits per heavy atom. The smallest absolute Gasteiger partial charge is 0.229 e. The van der Waals surface area contributed by atoms with Crippen molar-refractivity contribution < 1.29 is 75.8 Å². The molecule has 0 fully saturated rings. The number of sulfone groups is 9. The van der Waals surface area contributed by atoms with Crippen LogP contribution in [0.15, 0.2) is 0 Å². The fourth-order valence-electron chi connectivity index (χ4n) is 8.14. The lowest BCUT2D eigenvalue weighted by Gasteiger charge is -2.42. The minimum atomic E-state index is -5.02. The Balaban J connectivity index is 9.35. The molecule has 330 valence electrons. The standard InChI is InChI=1S/3C9H19O6S3.Al/c3*1-6-7-9(17(4,12)13,18(5,14)15)8(2)16(3,10)11;/h3*8H,2,6-7H2,1,3-5H3;. The van der Waals surface area contributed by atoms with E-state index in [1.165, 1.54) is 20.8 Å². The van der Waals surface area contributed by atoms with Crippen molar-refractivity contribution in [1.29, 1.82) is 0 Å². The second-order valence-corrected chi connectivity index (χ2v) is 39.1. The summed E-state index contributed by atoms with van der Waals surface area (Å²) in [5, 5.41) is -11.3. The van der Waals surface area contributed by atoms with Crippen LogP contribution < -0.4 is 0 Å². The van der Waals surface area contributed by atoms with Gasteiger partial charge in [0.25, 0.3) is 14.1 Å². The molecule has 0 radical (unpaired) electrons. The van der Waals surface area contributed by atoms with Crippen molar-refractivity contribution >= 4 is 103 Å². The summed E-state index contributed by atoms with van der Waals surface area (Å²) in [6.45, 7) is 3.98. The quantitative estimate of drug-likeness (QED) is 0.110. The highest BCUT2D eigenvalue weighted by Crippen LogP contribution is 2.46. The van der Waals surface area contributed by atoms with Crippen LogP contribution in [0.25, 0.3) is 0 Å². The first-order valence-electron chi connectivity index (χ1n) is 16.6. The second-order valence-electron chi connectivity index (χ2n) is 14.8. The maximum Gasteiger partial charge on any atom is 0.267 e. The highest BCUT2D eigenvalue weighted by molar-refractivity contribution is 8.12. The molecule has 0 aromatic carbocycles. The Bertz CT molecular complexity index is 2060. The van der Waals surface area contributed by atoms with E-state index in [9.17, 15) is 75.8 Å². The summed E-state index contributed by atoms with van der Waals surface area (Å²) in [5.41, 5.74) is 0. The van der Waals surface area contributed by atoms with E-state index in [-0.39, 0.29) is 19.3 Å². The predicted molar refractivity (Wildman–Crippen MR) is 218 cm³/mol. The van der Waals surface area contributed by atoms with Crippen LogP contribution in [0.4, 0.5) is 0 Å². The van der Waals surface area contributed by atoms with Crippen molar-refractivity contribution in [2.75, 3.05) is 56.3 Å². The molecule has 0 heterocycles. The van der Waals surface area contributed by atoms with E-state index in [1.807, 2.05) is 0 Å². The number of hydrogen-bond donors (Lipinski definition) is 0. The number of rotatable bonds is 24. The molecule has 3 atom stereocenters. The van der Waals surface area contributed by atoms with Gasteiger partial charge in [0.1, 0.15) is 0 Å². The van der Waals surface area contributed by atoms with E-state index >= 15 is 0 Å². The first-order chi connectivity index (χ1) is 23.9. The van der Waals surface area contributed by atoms with Gasteiger partial charge >= 0.3 is 0 Å². The van der Waals surface area contributed by atoms with E-state index in [0.29, 0.717) is 56.3 Å². The number of hydrogen-bond acceptors (Lipinski definition) is 18. The average molecular weight is 985 g/mol. The maximum absolute atomic E-state index is 13.8. The van der Waals surface area contributed by atoms with Crippen molar-refractivity contribution in [2.24, 2.45) is 0 Å². The molecule has 3 unspecified atom stereocenters. The van der Waals surface area contributed by atoms with Crippen LogP contribution in [-0.2, 0) is 88.5 Å². The van der Waals surface area contributed by atoms with E-state index in [2.05, 4.69) is 0 Å². The Morgan fingerprint density at radius 1 is 0.327 bits per heavy atom. The van der Waals surface area contributed by atoms with Gasteiger partial charge in [-0.25, -0.2) is 75.8 Å². The molecule has 0 saturated carbocycles. The van der Waals surface area contributed by atoms with Crippen LogP contribution in [-0.4, -0.2) is 174 Å². The van der Waals surface area contributed by atoms with E-state index in [4.69, 9.17) is 0 Å². The topological polar surface area (TPSA) is 307 Å². The summed E-state index contributed by atoms with van der Waals surface area (Å²) in [7, 11) is -45.0. The third-order valence-electron chi connectivity index (χ3n) is 10.2. The molecule has 0 aliphatic rings. The maximum atomic E-state index is 13.8. The highest BCUT2D eigenvalue weighted by atomic mass is 32.3. The summed E-state index contributed by atoms with van der Waals surface area (Å²) in [6, 6.07) is 0. The van der Waals surface area contributed by atoms with Gasteiger partial charge in [0.2, 0.25) is 0 Å². The molecule has 0 saturated heterocycles. The van der Waals surface area contributed by atoms with Gasteiger partial charge in [0.05, 0.1) is 15.7 Å². The molecule has 0 aliphatic carbocycles. The molecule has 0 N–H and O–H groups in total. The van der Waals surface area contributed by atoms with Crippen LogP contribution in [0.2, 0.25) is 15.8 Å². The predicted octanol–water partition coefficient (Wildman–Crippen LogP) is -0.522. The molecular formula is C27H57AlO18S9. The summed E-state index contributed by atoms with van der Waals surface area (Å²) in [5.74, 6) is 0. The molecule has 0 amide bonds. The molecule has 28 heteroatoms. The monoisotopic (exact) mass is 984 g/mol. The van der Waals surface area contributed by atoms with Crippen molar-refractivity contribution in [2.45, 2.75) is 103 Å².